The lowest BCUT2D eigenvalue weighted by molar-refractivity contribution is -0.160. The van der Waals surface area contributed by atoms with E-state index in [0.717, 1.165) is 0 Å². The van der Waals surface area contributed by atoms with Crippen LogP contribution >= 0.6 is 0 Å². The molecule has 3 atom stereocenters. The smallest absolute Gasteiger partial charge is 0.330 e. The van der Waals surface area contributed by atoms with Crippen LogP contribution in [0.5, 0.6) is 0 Å². The van der Waals surface area contributed by atoms with Crippen LogP contribution in [0.25, 0.3) is 0 Å². The third kappa shape index (κ3) is 10.9. The van der Waals surface area contributed by atoms with Gasteiger partial charge >= 0.3 is 35.8 Å². The lowest BCUT2D eigenvalue weighted by Gasteiger charge is -2.11. The van der Waals surface area contributed by atoms with Crippen LogP contribution < -0.4 is 17.2 Å². The van der Waals surface area contributed by atoms with Crippen LogP contribution in [-0.2, 0) is 38.2 Å². The minimum atomic E-state index is -1.36. The molecule has 0 spiro atoms. The molecule has 0 radical (unpaired) electrons. The topological polar surface area (TPSA) is 239 Å². The van der Waals surface area contributed by atoms with Crippen molar-refractivity contribution in [2.24, 2.45) is 17.2 Å². The fourth-order valence-corrected chi connectivity index (χ4v) is 1.65. The molecular weight excluding hydrogens is 382 g/mol. The Labute approximate surface area is 159 Å². The van der Waals surface area contributed by atoms with Gasteiger partial charge in [-0.3, -0.25) is 24.0 Å². The number of aliphatic carboxylic acids is 2. The average Bonchev–Trinajstić information content (AvgIpc) is 2.61. The second kappa shape index (κ2) is 12.5. The molecule has 0 unspecified atom stereocenters. The van der Waals surface area contributed by atoms with Gasteiger partial charge in [-0.1, -0.05) is 0 Å². The van der Waals surface area contributed by atoms with Crippen molar-refractivity contribution in [2.45, 2.75) is 56.7 Å². The maximum absolute atomic E-state index is 11.6. The normalized spacial score (nSPS) is 13.7. The summed E-state index contributed by atoms with van der Waals surface area (Å²) in [6, 6.07) is -3.91. The van der Waals surface area contributed by atoms with Crippen LogP contribution in [-0.4, -0.2) is 64.2 Å². The zero-order valence-electron chi connectivity index (χ0n) is 14.9. The van der Waals surface area contributed by atoms with Gasteiger partial charge in [0, 0.05) is 19.3 Å². The van der Waals surface area contributed by atoms with Crippen molar-refractivity contribution in [1.82, 2.24) is 0 Å². The van der Waals surface area contributed by atoms with Crippen molar-refractivity contribution in [3.63, 3.8) is 0 Å². The number of hydrogen-bond donors (Lipinski definition) is 5. The molecule has 0 amide bonds. The Balaban J connectivity index is 4.15. The molecule has 0 rings (SSSR count). The van der Waals surface area contributed by atoms with Gasteiger partial charge in [-0.15, -0.1) is 0 Å². The summed E-state index contributed by atoms with van der Waals surface area (Å²) >= 11 is 0. The number of carboxylic acids is 2. The van der Waals surface area contributed by atoms with Crippen LogP contribution in [0.15, 0.2) is 0 Å². The highest BCUT2D eigenvalue weighted by atomic mass is 16.6. The van der Waals surface area contributed by atoms with E-state index in [1.165, 1.54) is 0 Å². The van der Waals surface area contributed by atoms with Gasteiger partial charge in [0.25, 0.3) is 0 Å². The van der Waals surface area contributed by atoms with Crippen molar-refractivity contribution in [2.75, 3.05) is 0 Å². The summed E-state index contributed by atoms with van der Waals surface area (Å²) in [5, 5.41) is 17.1. The summed E-state index contributed by atoms with van der Waals surface area (Å²) < 4.78 is 8.81. The molecule has 0 heterocycles. The second-order valence-electron chi connectivity index (χ2n) is 5.75. The van der Waals surface area contributed by atoms with Gasteiger partial charge in [-0.25, -0.2) is 4.79 Å². The van der Waals surface area contributed by atoms with E-state index < -0.39 is 66.8 Å². The molecule has 158 valence electrons. The third-order valence-corrected chi connectivity index (χ3v) is 3.36. The summed E-state index contributed by atoms with van der Waals surface area (Å²) in [5.74, 6) is -6.76. The fraction of sp³-hybridized carbons (Fsp3) is 0.600. The minimum absolute atomic E-state index is 0.221. The van der Waals surface area contributed by atoms with Gasteiger partial charge in [-0.2, -0.15) is 0 Å². The summed E-state index contributed by atoms with van der Waals surface area (Å²) in [4.78, 5) is 66.9. The number of rotatable bonds is 12. The van der Waals surface area contributed by atoms with Crippen LogP contribution in [0.3, 0.4) is 0 Å². The van der Waals surface area contributed by atoms with Gasteiger partial charge in [0.05, 0.1) is 0 Å². The first-order chi connectivity index (χ1) is 12.9. The SMILES string of the molecule is N[C@H](CCC(=O)OC(=O)CC[C@@H](N)C(=O)OC(=O)CC[C@@H](N)C(=O)O)C(=O)O. The van der Waals surface area contributed by atoms with E-state index in [4.69, 9.17) is 27.4 Å². The highest BCUT2D eigenvalue weighted by Crippen LogP contribution is 2.04. The highest BCUT2D eigenvalue weighted by Gasteiger charge is 2.22. The quantitative estimate of drug-likeness (QED) is 0.168. The fourth-order valence-electron chi connectivity index (χ4n) is 1.65. The molecular formula is C15H23N3O10. The monoisotopic (exact) mass is 405 g/mol. The first kappa shape index (κ1) is 25.1. The lowest BCUT2D eigenvalue weighted by atomic mass is 10.1. The molecule has 8 N–H and O–H groups in total. The van der Waals surface area contributed by atoms with Crippen LogP contribution in [0.1, 0.15) is 38.5 Å². The zero-order valence-corrected chi connectivity index (χ0v) is 14.9. The van der Waals surface area contributed by atoms with Crippen molar-refractivity contribution < 1.29 is 48.5 Å². The number of esters is 4. The standard InChI is InChI=1S/C15H23N3O10/c16-7(13(22)23)1-4-10(19)27-11(20)6-3-9(18)15(26)28-12(21)5-2-8(17)14(24)25/h7-9H,1-6,16-18H2,(H,22,23)(H,24,25)/t7-,8-,9-/m1/s1. The van der Waals surface area contributed by atoms with Crippen LogP contribution in [0, 0.1) is 0 Å². The van der Waals surface area contributed by atoms with Gasteiger partial charge < -0.3 is 36.9 Å². The van der Waals surface area contributed by atoms with Crippen molar-refractivity contribution in [1.29, 1.82) is 0 Å². The van der Waals surface area contributed by atoms with E-state index in [2.05, 4.69) is 9.47 Å². The number of carbonyl (C=O) groups is 6. The van der Waals surface area contributed by atoms with Gasteiger partial charge in [-0.05, 0) is 19.3 Å². The van der Waals surface area contributed by atoms with Crippen molar-refractivity contribution in [3.05, 3.63) is 0 Å². The van der Waals surface area contributed by atoms with Crippen LogP contribution in [0.4, 0.5) is 0 Å². The lowest BCUT2D eigenvalue weighted by Crippen LogP contribution is -2.35. The summed E-state index contributed by atoms with van der Waals surface area (Å²) in [6.07, 6.45) is -1.99. The Hall–Kier alpha value is -2.90. The molecule has 0 aromatic carbocycles. The maximum atomic E-state index is 11.6. The molecule has 28 heavy (non-hydrogen) atoms. The average molecular weight is 405 g/mol. The minimum Gasteiger partial charge on any atom is -0.480 e. The zero-order chi connectivity index (χ0) is 21.9. The van der Waals surface area contributed by atoms with E-state index in [1.807, 2.05) is 0 Å². The first-order valence-corrected chi connectivity index (χ1v) is 8.14. The van der Waals surface area contributed by atoms with E-state index in [1.54, 1.807) is 0 Å². The van der Waals surface area contributed by atoms with E-state index in [9.17, 15) is 28.8 Å². The molecule has 13 heteroatoms. The molecule has 0 bridgehead atoms. The van der Waals surface area contributed by atoms with E-state index in [0.29, 0.717) is 0 Å². The molecule has 0 saturated heterocycles. The predicted molar refractivity (Wildman–Crippen MR) is 89.1 cm³/mol. The number of nitrogens with two attached hydrogens (primary N) is 3. The molecule has 0 aliphatic heterocycles. The Bertz CT molecular complexity index is 621. The molecule has 0 saturated carbocycles. The van der Waals surface area contributed by atoms with Crippen molar-refractivity contribution in [3.8, 4) is 0 Å². The number of hydrogen-bond acceptors (Lipinski definition) is 11. The summed E-state index contributed by atoms with van der Waals surface area (Å²) in [6.45, 7) is 0. The number of ether oxygens (including phenoxy) is 2. The molecule has 0 aliphatic rings. The number of carboxylic acid groups (broad SMARTS) is 2. The summed E-state index contributed by atoms with van der Waals surface area (Å²) in [7, 11) is 0. The Kier molecular flexibility index (Phi) is 11.2. The van der Waals surface area contributed by atoms with Gasteiger partial charge in [0.1, 0.15) is 18.1 Å². The largest absolute Gasteiger partial charge is 0.480 e. The second-order valence-corrected chi connectivity index (χ2v) is 5.75. The molecule has 0 aromatic rings. The maximum Gasteiger partial charge on any atom is 0.330 e. The van der Waals surface area contributed by atoms with Crippen molar-refractivity contribution >= 4 is 35.8 Å². The van der Waals surface area contributed by atoms with Gasteiger partial charge in [0.2, 0.25) is 0 Å². The Morgan fingerprint density at radius 3 is 1.29 bits per heavy atom. The number of carbonyl (C=O) groups excluding carboxylic acids is 4. The molecule has 0 aromatic heterocycles. The third-order valence-electron chi connectivity index (χ3n) is 3.36. The Morgan fingerprint density at radius 1 is 0.607 bits per heavy atom. The predicted octanol–water partition coefficient (Wildman–Crippen LogP) is -2.38. The Morgan fingerprint density at radius 2 is 0.929 bits per heavy atom. The first-order valence-electron chi connectivity index (χ1n) is 8.14. The molecule has 13 nitrogen and oxygen atoms in total. The van der Waals surface area contributed by atoms with Crippen LogP contribution in [0.2, 0.25) is 0 Å². The van der Waals surface area contributed by atoms with E-state index in [-0.39, 0.29) is 25.7 Å². The highest BCUT2D eigenvalue weighted by molar-refractivity contribution is 5.89. The molecule has 0 aliphatic carbocycles. The molecule has 0 fully saturated rings. The summed E-state index contributed by atoms with van der Waals surface area (Å²) in [5.41, 5.74) is 15.9. The van der Waals surface area contributed by atoms with Gasteiger partial charge in [0.15, 0.2) is 0 Å². The van der Waals surface area contributed by atoms with E-state index >= 15 is 0 Å².